The highest BCUT2D eigenvalue weighted by Gasteiger charge is 2.48. The first-order valence-electron chi connectivity index (χ1n) is 10.3. The van der Waals surface area contributed by atoms with Crippen molar-refractivity contribution in [3.8, 4) is 0 Å². The van der Waals surface area contributed by atoms with Gasteiger partial charge in [0.25, 0.3) is 5.91 Å². The van der Waals surface area contributed by atoms with Gasteiger partial charge in [-0.2, -0.15) is 5.10 Å². The molecule has 1 aliphatic rings. The van der Waals surface area contributed by atoms with Crippen LogP contribution in [0, 0.1) is 13.8 Å². The topological polar surface area (TPSA) is 67.2 Å². The Morgan fingerprint density at radius 2 is 1.90 bits per heavy atom. The lowest BCUT2D eigenvalue weighted by Gasteiger charge is -2.38. The first kappa shape index (κ1) is 21.2. The van der Waals surface area contributed by atoms with Crippen LogP contribution in [0.15, 0.2) is 59.5 Å². The molecular weight excluding hydrogens is 408 g/mol. The Hall–Kier alpha value is -3.06. The summed E-state index contributed by atoms with van der Waals surface area (Å²) < 4.78 is 0.699. The van der Waals surface area contributed by atoms with E-state index in [0.717, 1.165) is 27.5 Å². The first-order chi connectivity index (χ1) is 14.8. The Bertz CT molecular complexity index is 1160. The van der Waals surface area contributed by atoms with Gasteiger partial charge >= 0.3 is 0 Å². The number of para-hydroxylation sites is 1. The van der Waals surface area contributed by atoms with E-state index in [0.29, 0.717) is 18.8 Å². The number of carbonyl (C=O) groups excluding carboxylic acids is 2. The molecule has 2 amide bonds. The highest BCUT2D eigenvalue weighted by atomic mass is 32.2. The van der Waals surface area contributed by atoms with Crippen LogP contribution in [0.25, 0.3) is 0 Å². The van der Waals surface area contributed by atoms with Gasteiger partial charge in [-0.3, -0.25) is 14.3 Å². The van der Waals surface area contributed by atoms with E-state index in [4.69, 9.17) is 0 Å². The van der Waals surface area contributed by atoms with Crippen molar-refractivity contribution >= 4 is 35.0 Å². The van der Waals surface area contributed by atoms with Crippen LogP contribution < -0.4 is 10.2 Å². The molecule has 0 bridgehead atoms. The number of carbonyl (C=O) groups is 2. The number of nitrogens with one attached hydrogen (secondary N) is 1. The van der Waals surface area contributed by atoms with Gasteiger partial charge in [-0.15, -0.1) is 0 Å². The Balaban J connectivity index is 1.57. The third kappa shape index (κ3) is 3.97. The number of fused-ring (bicyclic) bond motifs is 1. The molecule has 0 saturated carbocycles. The second-order valence-corrected chi connectivity index (χ2v) is 9.35. The molecular formula is C24H26N4O2S. The van der Waals surface area contributed by atoms with Gasteiger partial charge in [0.2, 0.25) is 5.91 Å². The van der Waals surface area contributed by atoms with Gasteiger partial charge in [-0.05, 0) is 63.6 Å². The summed E-state index contributed by atoms with van der Waals surface area (Å²) in [6, 6.07) is 17.4. The average Bonchev–Trinajstić information content (AvgIpc) is 3.06. The van der Waals surface area contributed by atoms with E-state index in [1.54, 1.807) is 11.8 Å². The number of nitrogens with zero attached hydrogens (tertiary/aromatic N) is 3. The van der Waals surface area contributed by atoms with Crippen molar-refractivity contribution in [2.24, 2.45) is 0 Å². The second kappa shape index (κ2) is 8.23. The van der Waals surface area contributed by atoms with Crippen molar-refractivity contribution in [1.29, 1.82) is 0 Å². The maximum absolute atomic E-state index is 13.3. The third-order valence-corrected chi connectivity index (χ3v) is 6.83. The van der Waals surface area contributed by atoms with Crippen molar-refractivity contribution in [2.45, 2.75) is 43.9 Å². The summed E-state index contributed by atoms with van der Waals surface area (Å²) in [5, 5.41) is 7.47. The quantitative estimate of drug-likeness (QED) is 0.604. The highest BCUT2D eigenvalue weighted by molar-refractivity contribution is 8.02. The molecule has 1 aliphatic heterocycles. The Kier molecular flexibility index (Phi) is 5.62. The summed E-state index contributed by atoms with van der Waals surface area (Å²) >= 11 is 1.31. The van der Waals surface area contributed by atoms with Crippen LogP contribution >= 0.6 is 11.8 Å². The summed E-state index contributed by atoms with van der Waals surface area (Å²) in [6.45, 7) is 8.74. The minimum absolute atomic E-state index is 0.199. The number of rotatable bonds is 5. The fourth-order valence-corrected chi connectivity index (χ4v) is 5.07. The molecule has 31 heavy (non-hydrogen) atoms. The standard InChI is InChI=1S/C24H26N4O2S/c1-5-27-20-11-6-7-12-21(20)31-24(4,23(27)30)22(29)25-19-10-8-9-18(14-19)15-28-17(3)13-16(2)26-28/h6-14H,5,15H2,1-4H3,(H,25,29). The van der Waals surface area contributed by atoms with Gasteiger partial charge in [0.15, 0.2) is 4.75 Å². The Morgan fingerprint density at radius 1 is 1.13 bits per heavy atom. The molecule has 2 aromatic carbocycles. The van der Waals surface area contributed by atoms with Crippen molar-refractivity contribution in [3.63, 3.8) is 0 Å². The number of hydrogen-bond acceptors (Lipinski definition) is 4. The lowest BCUT2D eigenvalue weighted by Crippen LogP contribution is -2.54. The van der Waals surface area contributed by atoms with Gasteiger partial charge in [0.05, 0.1) is 17.9 Å². The third-order valence-electron chi connectivity index (χ3n) is 5.49. The molecule has 0 aliphatic carbocycles. The molecule has 1 N–H and O–H groups in total. The first-order valence-corrected chi connectivity index (χ1v) is 11.1. The number of hydrogen-bond donors (Lipinski definition) is 1. The second-order valence-electron chi connectivity index (χ2n) is 7.89. The van der Waals surface area contributed by atoms with Crippen molar-refractivity contribution in [3.05, 3.63) is 71.5 Å². The molecule has 160 valence electrons. The van der Waals surface area contributed by atoms with Crippen LogP contribution in [-0.4, -0.2) is 32.9 Å². The molecule has 1 unspecified atom stereocenters. The zero-order valence-electron chi connectivity index (χ0n) is 18.2. The van der Waals surface area contributed by atoms with Crippen molar-refractivity contribution < 1.29 is 9.59 Å². The molecule has 4 rings (SSSR count). The number of amides is 2. The minimum Gasteiger partial charge on any atom is -0.324 e. The van der Waals surface area contributed by atoms with E-state index in [2.05, 4.69) is 10.4 Å². The normalized spacial score (nSPS) is 18.1. The summed E-state index contributed by atoms with van der Waals surface area (Å²) in [5.74, 6) is -0.520. The summed E-state index contributed by atoms with van der Waals surface area (Å²) in [5.41, 5.74) is 4.61. The molecule has 0 spiro atoms. The molecule has 0 fully saturated rings. The maximum Gasteiger partial charge on any atom is 0.252 e. The van der Waals surface area contributed by atoms with Crippen molar-refractivity contribution in [2.75, 3.05) is 16.8 Å². The number of thioether (sulfide) groups is 1. The summed E-state index contributed by atoms with van der Waals surface area (Å²) in [6.07, 6.45) is 0. The van der Waals surface area contributed by atoms with Gasteiger partial charge in [-0.1, -0.05) is 36.0 Å². The zero-order chi connectivity index (χ0) is 22.2. The van der Waals surface area contributed by atoms with Crippen LogP contribution in [0.3, 0.4) is 0 Å². The molecule has 7 heteroatoms. The number of aryl methyl sites for hydroxylation is 2. The molecule has 1 atom stereocenters. The summed E-state index contributed by atoms with van der Waals surface area (Å²) in [7, 11) is 0. The number of anilines is 2. The largest absolute Gasteiger partial charge is 0.324 e. The van der Waals surface area contributed by atoms with E-state index in [1.165, 1.54) is 11.8 Å². The van der Waals surface area contributed by atoms with E-state index >= 15 is 0 Å². The van der Waals surface area contributed by atoms with Gasteiger partial charge in [0, 0.05) is 22.8 Å². The highest BCUT2D eigenvalue weighted by Crippen LogP contribution is 2.45. The predicted octanol–water partition coefficient (Wildman–Crippen LogP) is 4.40. The number of benzene rings is 2. The van der Waals surface area contributed by atoms with Crippen LogP contribution in [0.1, 0.15) is 30.8 Å². The van der Waals surface area contributed by atoms with Gasteiger partial charge in [-0.25, -0.2) is 0 Å². The van der Waals surface area contributed by atoms with E-state index in [-0.39, 0.29) is 11.8 Å². The smallest absolute Gasteiger partial charge is 0.252 e. The Labute approximate surface area is 186 Å². The van der Waals surface area contributed by atoms with Gasteiger partial charge < -0.3 is 10.2 Å². The van der Waals surface area contributed by atoms with Crippen LogP contribution in [0.5, 0.6) is 0 Å². The van der Waals surface area contributed by atoms with Crippen LogP contribution in [-0.2, 0) is 16.1 Å². The SMILES string of the molecule is CCN1C(=O)C(C)(C(=O)Nc2cccc(Cn3nc(C)cc3C)c2)Sc2ccccc21. The molecule has 2 heterocycles. The minimum atomic E-state index is -1.24. The number of aromatic nitrogens is 2. The molecule has 1 aromatic heterocycles. The monoisotopic (exact) mass is 434 g/mol. The fraction of sp³-hybridized carbons (Fsp3) is 0.292. The van der Waals surface area contributed by atoms with E-state index in [9.17, 15) is 9.59 Å². The fourth-order valence-electron chi connectivity index (χ4n) is 3.86. The van der Waals surface area contributed by atoms with Crippen molar-refractivity contribution in [1.82, 2.24) is 9.78 Å². The Morgan fingerprint density at radius 3 is 2.61 bits per heavy atom. The molecule has 6 nitrogen and oxygen atoms in total. The summed E-state index contributed by atoms with van der Waals surface area (Å²) in [4.78, 5) is 29.2. The average molecular weight is 435 g/mol. The van der Waals surface area contributed by atoms with Gasteiger partial charge in [0.1, 0.15) is 0 Å². The predicted molar refractivity (Wildman–Crippen MR) is 125 cm³/mol. The maximum atomic E-state index is 13.3. The van der Waals surface area contributed by atoms with Crippen LogP contribution in [0.4, 0.5) is 11.4 Å². The van der Waals surface area contributed by atoms with Crippen LogP contribution in [0.2, 0.25) is 0 Å². The lowest BCUT2D eigenvalue weighted by molar-refractivity contribution is -0.128. The zero-order valence-corrected chi connectivity index (χ0v) is 19.0. The lowest BCUT2D eigenvalue weighted by atomic mass is 10.1. The molecule has 3 aromatic rings. The van der Waals surface area contributed by atoms with E-state index < -0.39 is 4.75 Å². The molecule has 0 saturated heterocycles. The van der Waals surface area contributed by atoms with E-state index in [1.807, 2.05) is 80.1 Å². The molecule has 0 radical (unpaired) electrons.